The van der Waals surface area contributed by atoms with Gasteiger partial charge in [0, 0.05) is 12.1 Å². The number of rotatable bonds is 2. The smallest absolute Gasteiger partial charge is 0.138 e. The van der Waals surface area contributed by atoms with Crippen LogP contribution in [-0.2, 0) is 0 Å². The molecule has 1 aliphatic carbocycles. The van der Waals surface area contributed by atoms with Gasteiger partial charge in [0.2, 0.25) is 0 Å². The number of nitrogens with zero attached hydrogens (tertiary/aromatic N) is 3. The third-order valence-corrected chi connectivity index (χ3v) is 3.94. The maximum absolute atomic E-state index is 9.97. The summed E-state index contributed by atoms with van der Waals surface area (Å²) >= 11 is 0. The second-order valence-electron chi connectivity index (χ2n) is 5.41. The number of imidazole rings is 1. The number of pyridine rings is 1. The third-order valence-electron chi connectivity index (χ3n) is 3.94. The molecular formula is C14H20N4O. The molecule has 0 aromatic carbocycles. The van der Waals surface area contributed by atoms with Crippen LogP contribution in [-0.4, -0.2) is 19.6 Å². The summed E-state index contributed by atoms with van der Waals surface area (Å²) in [5.41, 5.74) is 7.60. The van der Waals surface area contributed by atoms with E-state index in [1.807, 2.05) is 6.07 Å². The molecule has 3 rings (SSSR count). The molecule has 1 saturated carbocycles. The van der Waals surface area contributed by atoms with E-state index in [0.717, 1.165) is 29.7 Å². The van der Waals surface area contributed by atoms with E-state index in [1.54, 1.807) is 13.1 Å². The summed E-state index contributed by atoms with van der Waals surface area (Å²) in [5, 5.41) is 9.97. The van der Waals surface area contributed by atoms with Gasteiger partial charge in [0.15, 0.2) is 0 Å². The average Bonchev–Trinajstić information content (AvgIpc) is 2.78. The van der Waals surface area contributed by atoms with E-state index in [9.17, 15) is 5.11 Å². The normalized spacial score (nSPS) is 18.8. The van der Waals surface area contributed by atoms with Gasteiger partial charge in [-0.3, -0.25) is 0 Å². The van der Waals surface area contributed by atoms with Crippen molar-refractivity contribution in [2.45, 2.75) is 51.2 Å². The summed E-state index contributed by atoms with van der Waals surface area (Å²) in [6.07, 6.45) is 7.19. The zero-order chi connectivity index (χ0) is 13.4. The third kappa shape index (κ3) is 2.18. The first-order valence-corrected chi connectivity index (χ1v) is 6.98. The summed E-state index contributed by atoms with van der Waals surface area (Å²) in [7, 11) is 0. The molecule has 2 aromatic heterocycles. The molecular weight excluding hydrogens is 240 g/mol. The van der Waals surface area contributed by atoms with Crippen molar-refractivity contribution in [1.29, 1.82) is 0 Å². The topological polar surface area (TPSA) is 77.0 Å². The summed E-state index contributed by atoms with van der Waals surface area (Å²) in [6, 6.07) is 2.29. The van der Waals surface area contributed by atoms with E-state index in [2.05, 4.69) is 14.5 Å². The second-order valence-corrected chi connectivity index (χ2v) is 5.41. The van der Waals surface area contributed by atoms with Gasteiger partial charge in [0.05, 0.1) is 11.7 Å². The number of nitrogens with two attached hydrogens (primary N) is 1. The fraction of sp³-hybridized carbons (Fsp3) is 0.571. The highest BCUT2D eigenvalue weighted by Crippen LogP contribution is 2.34. The summed E-state index contributed by atoms with van der Waals surface area (Å²) in [6.45, 7) is 1.76. The number of fused-ring (bicyclic) bond motifs is 1. The molecule has 2 aromatic rings. The number of aromatic nitrogens is 3. The highest BCUT2D eigenvalue weighted by atomic mass is 16.3. The van der Waals surface area contributed by atoms with Crippen LogP contribution in [0.1, 0.15) is 57.0 Å². The van der Waals surface area contributed by atoms with Gasteiger partial charge in [-0.1, -0.05) is 19.3 Å². The number of nitrogen functional groups attached to an aromatic ring is 1. The number of hydrogen-bond acceptors (Lipinski definition) is 4. The molecule has 2 heterocycles. The quantitative estimate of drug-likeness (QED) is 0.870. The SMILES string of the molecule is CC(O)c1nc2cnc(N)cc2n1C1CCCCC1. The van der Waals surface area contributed by atoms with Crippen LogP contribution >= 0.6 is 0 Å². The molecule has 1 atom stereocenters. The molecule has 0 saturated heterocycles. The Hall–Kier alpha value is -1.62. The Bertz CT molecular complexity index is 584. The largest absolute Gasteiger partial charge is 0.385 e. The molecule has 19 heavy (non-hydrogen) atoms. The summed E-state index contributed by atoms with van der Waals surface area (Å²) < 4.78 is 2.18. The molecule has 102 valence electrons. The van der Waals surface area contributed by atoms with Crippen LogP contribution in [0.15, 0.2) is 12.3 Å². The van der Waals surface area contributed by atoms with Gasteiger partial charge in [-0.05, 0) is 19.8 Å². The second kappa shape index (κ2) is 4.81. The Labute approximate surface area is 112 Å². The Morgan fingerprint density at radius 3 is 2.79 bits per heavy atom. The molecule has 0 bridgehead atoms. The van der Waals surface area contributed by atoms with Gasteiger partial charge in [-0.2, -0.15) is 0 Å². The molecule has 1 aliphatic rings. The fourth-order valence-electron chi connectivity index (χ4n) is 3.05. The Kier molecular flexibility index (Phi) is 3.14. The van der Waals surface area contributed by atoms with Gasteiger partial charge in [0.1, 0.15) is 23.3 Å². The molecule has 0 radical (unpaired) electrons. The van der Waals surface area contributed by atoms with Crippen LogP contribution in [0.5, 0.6) is 0 Å². The monoisotopic (exact) mass is 260 g/mol. The molecule has 5 nitrogen and oxygen atoms in total. The number of aliphatic hydroxyl groups excluding tert-OH is 1. The summed E-state index contributed by atoms with van der Waals surface area (Å²) in [4.78, 5) is 8.61. The lowest BCUT2D eigenvalue weighted by atomic mass is 9.95. The van der Waals surface area contributed by atoms with Crippen LogP contribution in [0.25, 0.3) is 11.0 Å². The van der Waals surface area contributed by atoms with Gasteiger partial charge < -0.3 is 15.4 Å². The van der Waals surface area contributed by atoms with Crippen molar-refractivity contribution >= 4 is 16.9 Å². The van der Waals surface area contributed by atoms with Crippen molar-refractivity contribution in [2.24, 2.45) is 0 Å². The minimum Gasteiger partial charge on any atom is -0.385 e. The fourth-order valence-corrected chi connectivity index (χ4v) is 3.05. The van der Waals surface area contributed by atoms with E-state index < -0.39 is 6.10 Å². The number of anilines is 1. The van der Waals surface area contributed by atoms with E-state index in [0.29, 0.717) is 11.9 Å². The zero-order valence-electron chi connectivity index (χ0n) is 11.2. The predicted molar refractivity (Wildman–Crippen MR) is 74.7 cm³/mol. The lowest BCUT2D eigenvalue weighted by Gasteiger charge is -2.26. The first kappa shape index (κ1) is 12.4. The Balaban J connectivity index is 2.17. The van der Waals surface area contributed by atoms with Crippen molar-refractivity contribution in [2.75, 3.05) is 5.73 Å². The maximum Gasteiger partial charge on any atom is 0.138 e. The van der Waals surface area contributed by atoms with E-state index >= 15 is 0 Å². The highest BCUT2D eigenvalue weighted by molar-refractivity contribution is 5.77. The molecule has 0 amide bonds. The highest BCUT2D eigenvalue weighted by Gasteiger charge is 2.23. The zero-order valence-corrected chi connectivity index (χ0v) is 11.2. The van der Waals surface area contributed by atoms with Crippen LogP contribution in [0.4, 0.5) is 5.82 Å². The van der Waals surface area contributed by atoms with Gasteiger partial charge in [-0.25, -0.2) is 9.97 Å². The minimum atomic E-state index is -0.574. The molecule has 0 aliphatic heterocycles. The Morgan fingerprint density at radius 1 is 1.37 bits per heavy atom. The molecule has 0 spiro atoms. The molecule has 3 N–H and O–H groups in total. The average molecular weight is 260 g/mol. The van der Waals surface area contributed by atoms with Crippen molar-refractivity contribution in [3.63, 3.8) is 0 Å². The van der Waals surface area contributed by atoms with Gasteiger partial charge >= 0.3 is 0 Å². The summed E-state index contributed by atoms with van der Waals surface area (Å²) in [5.74, 6) is 1.23. The lowest BCUT2D eigenvalue weighted by molar-refractivity contribution is 0.178. The van der Waals surface area contributed by atoms with Crippen LogP contribution < -0.4 is 5.73 Å². The van der Waals surface area contributed by atoms with E-state index in [-0.39, 0.29) is 0 Å². The Morgan fingerprint density at radius 2 is 2.11 bits per heavy atom. The molecule has 5 heteroatoms. The standard InChI is InChI=1S/C14H20N4O/c1-9(19)14-17-11-8-16-13(15)7-12(11)18(14)10-5-3-2-4-6-10/h7-10,19H,2-6H2,1H3,(H2,15,16). The van der Waals surface area contributed by atoms with Crippen LogP contribution in [0, 0.1) is 0 Å². The van der Waals surface area contributed by atoms with Crippen molar-refractivity contribution in [3.8, 4) is 0 Å². The first-order valence-electron chi connectivity index (χ1n) is 6.98. The number of hydrogen-bond donors (Lipinski definition) is 2. The predicted octanol–water partition coefficient (Wildman–Crippen LogP) is 2.57. The van der Waals surface area contributed by atoms with Crippen LogP contribution in [0.3, 0.4) is 0 Å². The van der Waals surface area contributed by atoms with Gasteiger partial charge in [0.25, 0.3) is 0 Å². The van der Waals surface area contributed by atoms with Crippen molar-refractivity contribution < 1.29 is 5.11 Å². The van der Waals surface area contributed by atoms with E-state index in [1.165, 1.54) is 19.3 Å². The van der Waals surface area contributed by atoms with Crippen molar-refractivity contribution in [1.82, 2.24) is 14.5 Å². The molecule has 1 unspecified atom stereocenters. The first-order chi connectivity index (χ1) is 9.16. The molecule has 1 fully saturated rings. The van der Waals surface area contributed by atoms with E-state index in [4.69, 9.17) is 5.73 Å². The van der Waals surface area contributed by atoms with Crippen molar-refractivity contribution in [3.05, 3.63) is 18.1 Å². The van der Waals surface area contributed by atoms with Crippen LogP contribution in [0.2, 0.25) is 0 Å². The number of aliphatic hydroxyl groups is 1. The maximum atomic E-state index is 9.97. The lowest BCUT2D eigenvalue weighted by Crippen LogP contribution is -2.16. The van der Waals surface area contributed by atoms with Gasteiger partial charge in [-0.15, -0.1) is 0 Å². The minimum absolute atomic E-state index is 0.421.